The Morgan fingerprint density at radius 3 is 2.54 bits per heavy atom. The number of carbonyl (C=O) groups is 2. The molecule has 3 aromatic heterocycles. The molecular formula is C27H22F4N8O2. The summed E-state index contributed by atoms with van der Waals surface area (Å²) in [4.78, 5) is 43.8. The van der Waals surface area contributed by atoms with E-state index in [1.807, 2.05) is 0 Å². The molecule has 4 N–H and O–H groups in total. The van der Waals surface area contributed by atoms with Gasteiger partial charge in [-0.05, 0) is 43.2 Å². The number of rotatable bonds is 6. The van der Waals surface area contributed by atoms with Crippen LogP contribution in [0.15, 0.2) is 36.7 Å². The van der Waals surface area contributed by atoms with Gasteiger partial charge in [0, 0.05) is 24.9 Å². The molecule has 1 unspecified atom stereocenters. The summed E-state index contributed by atoms with van der Waals surface area (Å²) in [5.41, 5.74) is 4.03. The van der Waals surface area contributed by atoms with E-state index >= 15 is 0 Å². The predicted molar refractivity (Wildman–Crippen MR) is 137 cm³/mol. The molecule has 2 aliphatic carbocycles. The number of anilines is 2. The molecule has 0 saturated heterocycles. The van der Waals surface area contributed by atoms with Gasteiger partial charge < -0.3 is 20.8 Å². The molecule has 0 spiro atoms. The van der Waals surface area contributed by atoms with Crippen LogP contribution in [0.4, 0.5) is 29.2 Å². The zero-order valence-electron chi connectivity index (χ0n) is 21.3. The minimum atomic E-state index is -4.73. The van der Waals surface area contributed by atoms with Crippen LogP contribution in [0.5, 0.6) is 0 Å². The topological polar surface area (TPSA) is 140 Å². The highest BCUT2D eigenvalue weighted by atomic mass is 19.4. The van der Waals surface area contributed by atoms with Gasteiger partial charge in [0.1, 0.15) is 23.1 Å². The molecule has 3 aliphatic rings. The fraction of sp³-hybridized carbons (Fsp3) is 0.333. The molecule has 4 aromatic rings. The first-order chi connectivity index (χ1) is 19.6. The predicted octanol–water partition coefficient (Wildman–Crippen LogP) is 3.40. The standard InChI is InChI=1S/C27H22F4N8O2/c28-15-4-2-1-3-12(15)9-16-23-35-18(27(29,30)31)11-39(23)10-17(34-16)21-36-20(32)19-22(37-21)38-25(41)26(19,13-5-6-13)24(40)33-14-7-8-14/h1-4,10-11,13-14H,5-9H2,(H,33,40)(H3,32,36,37,38,41). The first-order valence-corrected chi connectivity index (χ1v) is 13.1. The Morgan fingerprint density at radius 2 is 1.85 bits per heavy atom. The fourth-order valence-corrected chi connectivity index (χ4v) is 5.47. The lowest BCUT2D eigenvalue weighted by molar-refractivity contribution is -0.141. The van der Waals surface area contributed by atoms with Crippen molar-refractivity contribution in [2.24, 2.45) is 5.92 Å². The minimum absolute atomic E-state index is 0.0111. The van der Waals surface area contributed by atoms with Gasteiger partial charge in [0.25, 0.3) is 0 Å². The molecule has 14 heteroatoms. The van der Waals surface area contributed by atoms with E-state index in [4.69, 9.17) is 5.73 Å². The molecule has 0 radical (unpaired) electrons. The van der Waals surface area contributed by atoms with Gasteiger partial charge in [-0.1, -0.05) is 18.2 Å². The maximum absolute atomic E-state index is 14.5. The average Bonchev–Trinajstić information content (AvgIpc) is 3.84. The quantitative estimate of drug-likeness (QED) is 0.240. The molecule has 41 heavy (non-hydrogen) atoms. The van der Waals surface area contributed by atoms with Crippen molar-refractivity contribution in [2.45, 2.75) is 49.7 Å². The number of imidazole rings is 1. The highest BCUT2D eigenvalue weighted by Crippen LogP contribution is 2.54. The van der Waals surface area contributed by atoms with Crippen LogP contribution >= 0.6 is 0 Å². The molecule has 1 aromatic carbocycles. The summed E-state index contributed by atoms with van der Waals surface area (Å²) in [6, 6.07) is 5.85. The highest BCUT2D eigenvalue weighted by molar-refractivity contribution is 6.22. The van der Waals surface area contributed by atoms with Crippen molar-refractivity contribution in [2.75, 3.05) is 11.1 Å². The lowest BCUT2D eigenvalue weighted by Crippen LogP contribution is -2.51. The second kappa shape index (κ2) is 8.69. The normalized spacial score (nSPS) is 20.2. The van der Waals surface area contributed by atoms with Crippen molar-refractivity contribution in [1.82, 2.24) is 29.7 Å². The number of nitrogens with two attached hydrogens (primary N) is 1. The van der Waals surface area contributed by atoms with Crippen molar-refractivity contribution in [3.63, 3.8) is 0 Å². The summed E-state index contributed by atoms with van der Waals surface area (Å²) >= 11 is 0. The van der Waals surface area contributed by atoms with Crippen LogP contribution < -0.4 is 16.4 Å². The van der Waals surface area contributed by atoms with Crippen LogP contribution in [0.2, 0.25) is 0 Å². The van der Waals surface area contributed by atoms with Gasteiger partial charge in [-0.2, -0.15) is 13.2 Å². The maximum Gasteiger partial charge on any atom is 0.434 e. The molecule has 2 amide bonds. The van der Waals surface area contributed by atoms with Gasteiger partial charge >= 0.3 is 6.18 Å². The molecule has 210 valence electrons. The van der Waals surface area contributed by atoms with Gasteiger partial charge in [-0.25, -0.2) is 24.3 Å². The van der Waals surface area contributed by atoms with E-state index in [0.29, 0.717) is 12.8 Å². The van der Waals surface area contributed by atoms with Crippen molar-refractivity contribution in [3.05, 3.63) is 65.0 Å². The number of carbonyl (C=O) groups excluding carboxylic acids is 2. The van der Waals surface area contributed by atoms with Gasteiger partial charge in [0.2, 0.25) is 11.8 Å². The van der Waals surface area contributed by atoms with Crippen LogP contribution in [0, 0.1) is 11.7 Å². The van der Waals surface area contributed by atoms with Crippen molar-refractivity contribution in [1.29, 1.82) is 0 Å². The third kappa shape index (κ3) is 4.07. The number of nitrogens with zero attached hydrogens (tertiary/aromatic N) is 5. The number of aromatic nitrogens is 5. The van der Waals surface area contributed by atoms with E-state index < -0.39 is 34.9 Å². The van der Waals surface area contributed by atoms with Gasteiger partial charge in [-0.3, -0.25) is 9.59 Å². The molecule has 4 heterocycles. The Labute approximate surface area is 229 Å². The fourth-order valence-electron chi connectivity index (χ4n) is 5.47. The molecule has 2 fully saturated rings. The van der Waals surface area contributed by atoms with Crippen molar-refractivity contribution >= 4 is 29.1 Å². The SMILES string of the molecule is Nc1nc(-c2cn3cc(C(F)(F)F)nc3c(Cc3ccccc3F)n2)nc2c1C(C(=O)NC1CC1)(C1CC1)C(=O)N2. The van der Waals surface area contributed by atoms with Gasteiger partial charge in [0.05, 0.1) is 11.3 Å². The average molecular weight is 567 g/mol. The van der Waals surface area contributed by atoms with Crippen LogP contribution in [0.25, 0.3) is 17.2 Å². The lowest BCUT2D eigenvalue weighted by atomic mass is 9.76. The van der Waals surface area contributed by atoms with E-state index in [0.717, 1.165) is 23.4 Å². The Bertz CT molecular complexity index is 1760. The molecule has 1 aliphatic heterocycles. The number of alkyl halides is 3. The van der Waals surface area contributed by atoms with Crippen molar-refractivity contribution < 1.29 is 27.2 Å². The smallest absolute Gasteiger partial charge is 0.383 e. The number of hydrogen-bond donors (Lipinski definition) is 3. The van der Waals surface area contributed by atoms with E-state index in [-0.39, 0.29) is 64.0 Å². The van der Waals surface area contributed by atoms with E-state index in [2.05, 4.69) is 30.6 Å². The maximum atomic E-state index is 14.5. The van der Waals surface area contributed by atoms with E-state index in [9.17, 15) is 27.2 Å². The third-order valence-corrected chi connectivity index (χ3v) is 7.72. The minimum Gasteiger partial charge on any atom is -0.383 e. The summed E-state index contributed by atoms with van der Waals surface area (Å²) in [6.07, 6.45) is 0.143. The number of fused-ring (bicyclic) bond motifs is 2. The number of hydrogen-bond acceptors (Lipinski definition) is 7. The van der Waals surface area contributed by atoms with E-state index in [1.54, 1.807) is 6.07 Å². The first-order valence-electron chi connectivity index (χ1n) is 13.1. The highest BCUT2D eigenvalue weighted by Gasteiger charge is 2.63. The number of amides is 2. The molecule has 7 rings (SSSR count). The number of benzene rings is 1. The second-order valence-corrected chi connectivity index (χ2v) is 10.6. The molecular weight excluding hydrogens is 544 g/mol. The molecule has 2 saturated carbocycles. The third-order valence-electron chi connectivity index (χ3n) is 7.72. The van der Waals surface area contributed by atoms with Crippen molar-refractivity contribution in [3.8, 4) is 11.5 Å². The first kappa shape index (κ1) is 25.4. The zero-order chi connectivity index (χ0) is 28.7. The zero-order valence-corrected chi connectivity index (χ0v) is 21.3. The molecule has 10 nitrogen and oxygen atoms in total. The molecule has 0 bridgehead atoms. The summed E-state index contributed by atoms with van der Waals surface area (Å²) in [7, 11) is 0. The summed E-state index contributed by atoms with van der Waals surface area (Å²) in [6.45, 7) is 0. The van der Waals surface area contributed by atoms with Crippen LogP contribution in [0.3, 0.4) is 0 Å². The van der Waals surface area contributed by atoms with Crippen LogP contribution in [-0.4, -0.2) is 42.2 Å². The van der Waals surface area contributed by atoms with Crippen LogP contribution in [-0.2, 0) is 27.6 Å². The van der Waals surface area contributed by atoms with Crippen LogP contribution in [0.1, 0.15) is 48.2 Å². The number of halogens is 4. The number of nitrogens with one attached hydrogen (secondary N) is 2. The largest absolute Gasteiger partial charge is 0.434 e. The Hall–Kier alpha value is -4.62. The van der Waals surface area contributed by atoms with Gasteiger partial charge in [-0.15, -0.1) is 0 Å². The summed E-state index contributed by atoms with van der Waals surface area (Å²) in [5, 5.41) is 5.60. The Balaban J connectivity index is 1.36. The number of nitrogen functional groups attached to an aromatic ring is 1. The Kier molecular flexibility index (Phi) is 5.37. The summed E-state index contributed by atoms with van der Waals surface area (Å²) in [5.74, 6) is -1.94. The second-order valence-electron chi connectivity index (χ2n) is 10.6. The monoisotopic (exact) mass is 566 g/mol. The van der Waals surface area contributed by atoms with Gasteiger partial charge in [0.15, 0.2) is 22.6 Å². The summed E-state index contributed by atoms with van der Waals surface area (Å²) < 4.78 is 56.2. The van der Waals surface area contributed by atoms with E-state index in [1.165, 1.54) is 24.4 Å². The Morgan fingerprint density at radius 1 is 1.10 bits per heavy atom. The molecule has 1 atom stereocenters. The lowest BCUT2D eigenvalue weighted by Gasteiger charge is -2.26.